The minimum Gasteiger partial charge on any atom is -0.345 e. The van der Waals surface area contributed by atoms with Gasteiger partial charge in [-0.3, -0.25) is 0 Å². The predicted octanol–water partition coefficient (Wildman–Crippen LogP) is 3.96. The van der Waals surface area contributed by atoms with Gasteiger partial charge in [0.2, 0.25) is 0 Å². The van der Waals surface area contributed by atoms with Crippen molar-refractivity contribution < 1.29 is 0 Å². The molecule has 92 valence electrons. The van der Waals surface area contributed by atoms with E-state index in [1.807, 2.05) is 36.2 Å². The van der Waals surface area contributed by atoms with E-state index in [9.17, 15) is 0 Å². The third kappa shape index (κ3) is 2.93. The van der Waals surface area contributed by atoms with E-state index in [2.05, 4.69) is 28.1 Å². The highest BCUT2D eigenvalue weighted by Gasteiger charge is 2.06. The summed E-state index contributed by atoms with van der Waals surface area (Å²) in [6, 6.07) is 17.1. The molecule has 0 fully saturated rings. The average Bonchev–Trinajstić information content (AvgIpc) is 2.46. The lowest BCUT2D eigenvalue weighted by Gasteiger charge is -2.20. The summed E-state index contributed by atoms with van der Waals surface area (Å²) in [5.74, 6) is 0. The number of nitriles is 2. The van der Waals surface area contributed by atoms with E-state index in [0.29, 0.717) is 11.1 Å². The van der Waals surface area contributed by atoms with Crippen molar-refractivity contribution in [3.05, 3.63) is 58.1 Å². The summed E-state index contributed by atoms with van der Waals surface area (Å²) in [6.45, 7) is 0. The maximum absolute atomic E-state index is 8.98. The largest absolute Gasteiger partial charge is 0.345 e. The number of hydrogen-bond acceptors (Lipinski definition) is 3. The molecule has 0 aliphatic heterocycles. The number of anilines is 2. The van der Waals surface area contributed by atoms with Gasteiger partial charge in [0.05, 0.1) is 23.3 Å². The van der Waals surface area contributed by atoms with Crippen molar-refractivity contribution in [1.29, 1.82) is 10.5 Å². The van der Waals surface area contributed by atoms with Crippen molar-refractivity contribution in [1.82, 2.24) is 0 Å². The third-order valence-electron chi connectivity index (χ3n) is 2.78. The molecule has 0 atom stereocenters. The van der Waals surface area contributed by atoms with Crippen molar-refractivity contribution in [2.24, 2.45) is 0 Å². The number of hydrogen-bond donors (Lipinski definition) is 0. The zero-order valence-corrected chi connectivity index (χ0v) is 11.8. The summed E-state index contributed by atoms with van der Waals surface area (Å²) < 4.78 is 0.863. The topological polar surface area (TPSA) is 50.8 Å². The summed E-state index contributed by atoms with van der Waals surface area (Å²) in [4.78, 5) is 1.97. The molecule has 0 aromatic heterocycles. The van der Waals surface area contributed by atoms with Crippen LogP contribution in [0.5, 0.6) is 0 Å². The lowest BCUT2D eigenvalue weighted by Crippen LogP contribution is -2.09. The van der Waals surface area contributed by atoms with Crippen LogP contribution < -0.4 is 4.90 Å². The van der Waals surface area contributed by atoms with Crippen LogP contribution >= 0.6 is 15.9 Å². The number of nitrogens with zero attached hydrogens (tertiary/aromatic N) is 3. The van der Waals surface area contributed by atoms with Gasteiger partial charge in [-0.05, 0) is 42.5 Å². The lowest BCUT2D eigenvalue weighted by atomic mass is 10.1. The van der Waals surface area contributed by atoms with Gasteiger partial charge in [-0.25, -0.2) is 0 Å². The van der Waals surface area contributed by atoms with Crippen molar-refractivity contribution in [2.75, 3.05) is 11.9 Å². The first-order valence-electron chi connectivity index (χ1n) is 5.58. The Kier molecular flexibility index (Phi) is 3.85. The Morgan fingerprint density at radius 1 is 0.895 bits per heavy atom. The van der Waals surface area contributed by atoms with Crippen LogP contribution in [0.15, 0.2) is 46.9 Å². The standard InChI is InChI=1S/C15H10BrN3/c1-19(14-4-2-11(9-17)3-5-14)15-7-12(10-18)6-13(16)8-15/h2-8H,1H3. The van der Waals surface area contributed by atoms with Crippen LogP contribution in [0.1, 0.15) is 11.1 Å². The Balaban J connectivity index is 2.38. The van der Waals surface area contributed by atoms with E-state index in [4.69, 9.17) is 10.5 Å². The first kappa shape index (κ1) is 13.1. The van der Waals surface area contributed by atoms with Crippen molar-refractivity contribution >= 4 is 27.3 Å². The van der Waals surface area contributed by atoms with E-state index in [0.717, 1.165) is 15.8 Å². The first-order valence-corrected chi connectivity index (χ1v) is 6.38. The SMILES string of the molecule is CN(c1ccc(C#N)cc1)c1cc(Br)cc(C#N)c1. The molecule has 0 saturated heterocycles. The Morgan fingerprint density at radius 3 is 2.11 bits per heavy atom. The molecule has 0 radical (unpaired) electrons. The second kappa shape index (κ2) is 5.56. The molecular weight excluding hydrogens is 302 g/mol. The van der Waals surface area contributed by atoms with E-state index in [1.54, 1.807) is 18.2 Å². The average molecular weight is 312 g/mol. The monoisotopic (exact) mass is 311 g/mol. The van der Waals surface area contributed by atoms with Gasteiger partial charge in [-0.1, -0.05) is 15.9 Å². The minimum atomic E-state index is 0.602. The Bertz CT molecular complexity index is 678. The molecule has 0 spiro atoms. The summed E-state index contributed by atoms with van der Waals surface area (Å²) in [5.41, 5.74) is 3.10. The van der Waals surface area contributed by atoms with E-state index in [1.165, 1.54) is 0 Å². The Hall–Kier alpha value is -2.30. The van der Waals surface area contributed by atoms with Crippen LogP contribution in [0, 0.1) is 22.7 Å². The molecule has 0 amide bonds. The first-order chi connectivity index (χ1) is 9.13. The van der Waals surface area contributed by atoms with E-state index < -0.39 is 0 Å². The van der Waals surface area contributed by atoms with Gasteiger partial charge in [0.25, 0.3) is 0 Å². The molecule has 4 heteroatoms. The molecule has 2 aromatic rings. The second-order valence-corrected chi connectivity index (χ2v) is 4.94. The van der Waals surface area contributed by atoms with Crippen LogP contribution in [0.3, 0.4) is 0 Å². The van der Waals surface area contributed by atoms with Gasteiger partial charge in [0.15, 0.2) is 0 Å². The fraction of sp³-hybridized carbons (Fsp3) is 0.0667. The molecule has 2 aromatic carbocycles. The lowest BCUT2D eigenvalue weighted by molar-refractivity contribution is 1.20. The molecule has 3 nitrogen and oxygen atoms in total. The molecule has 0 saturated carbocycles. The zero-order valence-electron chi connectivity index (χ0n) is 10.3. The molecule has 19 heavy (non-hydrogen) atoms. The summed E-state index contributed by atoms with van der Waals surface area (Å²) in [5, 5.41) is 17.8. The number of rotatable bonds is 2. The summed E-state index contributed by atoms with van der Waals surface area (Å²) in [7, 11) is 1.92. The van der Waals surface area contributed by atoms with Crippen LogP contribution in [0.2, 0.25) is 0 Å². The smallest absolute Gasteiger partial charge is 0.0992 e. The molecule has 0 N–H and O–H groups in total. The highest BCUT2D eigenvalue weighted by molar-refractivity contribution is 9.10. The zero-order chi connectivity index (χ0) is 13.8. The van der Waals surface area contributed by atoms with Crippen molar-refractivity contribution in [3.8, 4) is 12.1 Å². The summed E-state index contributed by atoms with van der Waals surface area (Å²) in [6.07, 6.45) is 0. The highest BCUT2D eigenvalue weighted by atomic mass is 79.9. The van der Waals surface area contributed by atoms with Crippen molar-refractivity contribution in [2.45, 2.75) is 0 Å². The number of benzene rings is 2. The van der Waals surface area contributed by atoms with Gasteiger partial charge in [0, 0.05) is 22.9 Å². The van der Waals surface area contributed by atoms with Crippen LogP contribution in [0.4, 0.5) is 11.4 Å². The minimum absolute atomic E-state index is 0.602. The third-order valence-corrected chi connectivity index (χ3v) is 3.24. The second-order valence-electron chi connectivity index (χ2n) is 4.03. The normalized spacial score (nSPS) is 9.47. The van der Waals surface area contributed by atoms with Gasteiger partial charge in [-0.2, -0.15) is 10.5 Å². The molecule has 0 aliphatic rings. The van der Waals surface area contributed by atoms with Crippen molar-refractivity contribution in [3.63, 3.8) is 0 Å². The maximum Gasteiger partial charge on any atom is 0.0992 e. The fourth-order valence-electron chi connectivity index (χ4n) is 1.74. The van der Waals surface area contributed by atoms with Gasteiger partial charge in [0.1, 0.15) is 0 Å². The van der Waals surface area contributed by atoms with Crippen LogP contribution in [-0.4, -0.2) is 7.05 Å². The molecule has 0 unspecified atom stereocenters. The molecule has 0 heterocycles. The van der Waals surface area contributed by atoms with Gasteiger partial charge < -0.3 is 4.90 Å². The van der Waals surface area contributed by atoms with Gasteiger partial charge >= 0.3 is 0 Å². The number of halogens is 1. The summed E-state index contributed by atoms with van der Waals surface area (Å²) >= 11 is 3.40. The van der Waals surface area contributed by atoms with Crippen LogP contribution in [0.25, 0.3) is 0 Å². The molecule has 0 aliphatic carbocycles. The quantitative estimate of drug-likeness (QED) is 0.843. The van der Waals surface area contributed by atoms with E-state index in [-0.39, 0.29) is 0 Å². The predicted molar refractivity (Wildman–Crippen MR) is 78.1 cm³/mol. The van der Waals surface area contributed by atoms with Gasteiger partial charge in [-0.15, -0.1) is 0 Å². The Morgan fingerprint density at radius 2 is 1.53 bits per heavy atom. The molecule has 0 bridgehead atoms. The van der Waals surface area contributed by atoms with Crippen LogP contribution in [-0.2, 0) is 0 Å². The molecule has 2 rings (SSSR count). The van der Waals surface area contributed by atoms with E-state index >= 15 is 0 Å². The maximum atomic E-state index is 8.98. The highest BCUT2D eigenvalue weighted by Crippen LogP contribution is 2.27. The Labute approximate surface area is 120 Å². The molecular formula is C15H10BrN3. The fourth-order valence-corrected chi connectivity index (χ4v) is 2.22.